The molecule has 1 aliphatic rings. The standard InChI is InChI=1S/C9H17N3OS/c1-6(8(10)14)11-9(13)12-7-4-2-3-5-7/h6-7H,2-5H2,1H3,(H2,10,14)(H2,11,12,13). The Labute approximate surface area is 89.6 Å². The van der Waals surface area contributed by atoms with Gasteiger partial charge < -0.3 is 16.4 Å². The molecule has 0 radical (unpaired) electrons. The monoisotopic (exact) mass is 215 g/mol. The lowest BCUT2D eigenvalue weighted by Gasteiger charge is -2.16. The van der Waals surface area contributed by atoms with Crippen molar-refractivity contribution in [3.63, 3.8) is 0 Å². The van der Waals surface area contributed by atoms with E-state index in [1.54, 1.807) is 6.92 Å². The molecule has 1 saturated carbocycles. The molecule has 1 rings (SSSR count). The van der Waals surface area contributed by atoms with Crippen molar-refractivity contribution in [3.05, 3.63) is 0 Å². The van der Waals surface area contributed by atoms with Gasteiger partial charge in [-0.05, 0) is 19.8 Å². The smallest absolute Gasteiger partial charge is 0.315 e. The summed E-state index contributed by atoms with van der Waals surface area (Å²) in [4.78, 5) is 11.7. The first kappa shape index (κ1) is 11.2. The SMILES string of the molecule is CC(NC(=O)NC1CCCC1)C(N)=S. The number of hydrogen-bond donors (Lipinski definition) is 3. The molecular weight excluding hydrogens is 198 g/mol. The van der Waals surface area contributed by atoms with Gasteiger partial charge in [-0.15, -0.1) is 0 Å². The van der Waals surface area contributed by atoms with Crippen molar-refractivity contribution in [3.8, 4) is 0 Å². The van der Waals surface area contributed by atoms with Crippen LogP contribution in [0.4, 0.5) is 4.79 Å². The molecule has 0 bridgehead atoms. The molecule has 0 spiro atoms. The molecule has 1 fully saturated rings. The lowest BCUT2D eigenvalue weighted by Crippen LogP contribution is -2.48. The first-order valence-electron chi connectivity index (χ1n) is 4.96. The molecule has 0 saturated heterocycles. The van der Waals surface area contributed by atoms with Gasteiger partial charge in [0.1, 0.15) is 0 Å². The minimum Gasteiger partial charge on any atom is -0.392 e. The molecule has 0 aliphatic heterocycles. The summed E-state index contributed by atoms with van der Waals surface area (Å²) in [6.07, 6.45) is 4.56. The summed E-state index contributed by atoms with van der Waals surface area (Å²) in [5.41, 5.74) is 5.38. The van der Waals surface area contributed by atoms with Gasteiger partial charge in [0.25, 0.3) is 0 Å². The average molecular weight is 215 g/mol. The molecule has 1 aliphatic carbocycles. The van der Waals surface area contributed by atoms with Crippen LogP contribution in [-0.2, 0) is 0 Å². The van der Waals surface area contributed by atoms with Gasteiger partial charge in [0.15, 0.2) is 0 Å². The van der Waals surface area contributed by atoms with Crippen molar-refractivity contribution in [1.82, 2.24) is 10.6 Å². The highest BCUT2D eigenvalue weighted by molar-refractivity contribution is 7.80. The third-order valence-corrected chi connectivity index (χ3v) is 2.82. The first-order valence-corrected chi connectivity index (χ1v) is 5.37. The van der Waals surface area contributed by atoms with Crippen molar-refractivity contribution >= 4 is 23.2 Å². The van der Waals surface area contributed by atoms with E-state index in [-0.39, 0.29) is 12.1 Å². The molecule has 0 aromatic carbocycles. The van der Waals surface area contributed by atoms with Crippen LogP contribution < -0.4 is 16.4 Å². The Bertz CT molecular complexity index is 226. The third kappa shape index (κ3) is 3.49. The van der Waals surface area contributed by atoms with Crippen LogP contribution in [0.25, 0.3) is 0 Å². The van der Waals surface area contributed by atoms with E-state index in [0.29, 0.717) is 11.0 Å². The van der Waals surface area contributed by atoms with Gasteiger partial charge in [-0.25, -0.2) is 4.79 Å². The number of rotatable bonds is 3. The average Bonchev–Trinajstić information content (AvgIpc) is 2.56. The molecule has 1 atom stereocenters. The van der Waals surface area contributed by atoms with Gasteiger partial charge in [-0.2, -0.15) is 0 Å². The van der Waals surface area contributed by atoms with Crippen LogP contribution >= 0.6 is 12.2 Å². The van der Waals surface area contributed by atoms with E-state index >= 15 is 0 Å². The second kappa shape index (κ2) is 5.14. The van der Waals surface area contributed by atoms with E-state index in [1.165, 1.54) is 12.8 Å². The summed E-state index contributed by atoms with van der Waals surface area (Å²) in [6, 6.07) is -0.0860. The van der Waals surface area contributed by atoms with E-state index in [2.05, 4.69) is 10.6 Å². The summed E-state index contributed by atoms with van der Waals surface area (Å²) in [7, 11) is 0. The predicted molar refractivity (Wildman–Crippen MR) is 60.2 cm³/mol. The summed E-state index contributed by atoms with van der Waals surface area (Å²) in [6.45, 7) is 1.77. The number of hydrogen-bond acceptors (Lipinski definition) is 2. The molecule has 2 amide bonds. The van der Waals surface area contributed by atoms with Crippen LogP contribution in [0.3, 0.4) is 0 Å². The van der Waals surface area contributed by atoms with Crippen LogP contribution in [0.2, 0.25) is 0 Å². The van der Waals surface area contributed by atoms with Gasteiger partial charge in [0.05, 0.1) is 11.0 Å². The van der Waals surface area contributed by atoms with Gasteiger partial charge in [0, 0.05) is 6.04 Å². The Balaban J connectivity index is 2.24. The van der Waals surface area contributed by atoms with E-state index in [4.69, 9.17) is 18.0 Å². The Kier molecular flexibility index (Phi) is 4.13. The molecule has 0 aromatic rings. The fraction of sp³-hybridized carbons (Fsp3) is 0.778. The van der Waals surface area contributed by atoms with Crippen LogP contribution in [-0.4, -0.2) is 23.1 Å². The minimum atomic E-state index is -0.244. The molecule has 80 valence electrons. The number of nitrogens with two attached hydrogens (primary N) is 1. The zero-order chi connectivity index (χ0) is 10.6. The number of amides is 2. The van der Waals surface area contributed by atoms with Crippen LogP contribution in [0.1, 0.15) is 32.6 Å². The molecule has 0 heterocycles. The molecule has 0 aromatic heterocycles. The quantitative estimate of drug-likeness (QED) is 0.613. The zero-order valence-corrected chi connectivity index (χ0v) is 9.19. The number of nitrogens with one attached hydrogen (secondary N) is 2. The molecule has 1 unspecified atom stereocenters. The summed E-state index contributed by atoms with van der Waals surface area (Å²) in [5.74, 6) is 0. The summed E-state index contributed by atoms with van der Waals surface area (Å²) >= 11 is 4.75. The van der Waals surface area contributed by atoms with Crippen LogP contribution in [0.5, 0.6) is 0 Å². The maximum atomic E-state index is 11.4. The fourth-order valence-electron chi connectivity index (χ4n) is 1.56. The van der Waals surface area contributed by atoms with Gasteiger partial charge in [-0.1, -0.05) is 25.1 Å². The molecule has 4 N–H and O–H groups in total. The van der Waals surface area contributed by atoms with Crippen LogP contribution in [0, 0.1) is 0 Å². The summed E-state index contributed by atoms with van der Waals surface area (Å²) < 4.78 is 0. The lowest BCUT2D eigenvalue weighted by atomic mass is 10.2. The fourth-order valence-corrected chi connectivity index (χ4v) is 1.62. The second-order valence-electron chi connectivity index (χ2n) is 3.72. The third-order valence-electron chi connectivity index (χ3n) is 2.46. The number of urea groups is 1. The van der Waals surface area contributed by atoms with E-state index in [9.17, 15) is 4.79 Å². The Hall–Kier alpha value is -0.840. The number of carbonyl (C=O) groups is 1. The minimum absolute atomic E-state index is 0.169. The Morgan fingerprint density at radius 1 is 1.50 bits per heavy atom. The number of carbonyl (C=O) groups excluding carboxylic acids is 1. The van der Waals surface area contributed by atoms with Crippen molar-refractivity contribution in [2.45, 2.75) is 44.7 Å². The van der Waals surface area contributed by atoms with E-state index in [0.717, 1.165) is 12.8 Å². The summed E-state index contributed by atoms with van der Waals surface area (Å²) in [5, 5.41) is 5.59. The topological polar surface area (TPSA) is 67.2 Å². The van der Waals surface area contributed by atoms with Gasteiger partial charge >= 0.3 is 6.03 Å². The van der Waals surface area contributed by atoms with Gasteiger partial charge in [-0.3, -0.25) is 0 Å². The lowest BCUT2D eigenvalue weighted by molar-refractivity contribution is 0.236. The van der Waals surface area contributed by atoms with Crippen molar-refractivity contribution in [2.24, 2.45) is 5.73 Å². The number of thiocarbonyl (C=S) groups is 1. The molecule has 14 heavy (non-hydrogen) atoms. The van der Waals surface area contributed by atoms with Crippen LogP contribution in [0.15, 0.2) is 0 Å². The highest BCUT2D eigenvalue weighted by atomic mass is 32.1. The van der Waals surface area contributed by atoms with Crippen molar-refractivity contribution < 1.29 is 4.79 Å². The van der Waals surface area contributed by atoms with E-state index in [1.807, 2.05) is 0 Å². The first-order chi connectivity index (χ1) is 6.59. The maximum Gasteiger partial charge on any atom is 0.315 e. The zero-order valence-electron chi connectivity index (χ0n) is 8.38. The molecule has 5 heteroatoms. The highest BCUT2D eigenvalue weighted by Crippen LogP contribution is 2.17. The van der Waals surface area contributed by atoms with E-state index < -0.39 is 0 Å². The maximum absolute atomic E-state index is 11.4. The Morgan fingerprint density at radius 3 is 2.57 bits per heavy atom. The predicted octanol–water partition coefficient (Wildman–Crippen LogP) is 0.903. The molecular formula is C9H17N3OS. The largest absolute Gasteiger partial charge is 0.392 e. The van der Waals surface area contributed by atoms with Crippen molar-refractivity contribution in [1.29, 1.82) is 0 Å². The Morgan fingerprint density at radius 2 is 2.07 bits per heavy atom. The second-order valence-corrected chi connectivity index (χ2v) is 4.19. The highest BCUT2D eigenvalue weighted by Gasteiger charge is 2.18. The normalized spacial score (nSPS) is 18.9. The molecule has 4 nitrogen and oxygen atoms in total. The van der Waals surface area contributed by atoms with Crippen molar-refractivity contribution in [2.75, 3.05) is 0 Å². The van der Waals surface area contributed by atoms with Gasteiger partial charge in [0.2, 0.25) is 0 Å².